The molecule has 0 spiro atoms. The topological polar surface area (TPSA) is 112 Å². The smallest absolute Gasteiger partial charge is 0.340 e. The number of carboxylic acids is 1. The van der Waals surface area contributed by atoms with Gasteiger partial charge in [0.05, 0.1) is 5.69 Å². The number of aromatic carboxylic acids is 1. The molecule has 100 valence electrons. The van der Waals surface area contributed by atoms with Crippen LogP contribution >= 0.6 is 0 Å². The summed E-state index contributed by atoms with van der Waals surface area (Å²) in [6.07, 6.45) is 2.51. The van der Waals surface area contributed by atoms with Crippen LogP contribution in [0.5, 0.6) is 0 Å². The van der Waals surface area contributed by atoms with Gasteiger partial charge in [-0.05, 0) is 12.1 Å². The normalized spacial score (nSPS) is 11.2. The lowest BCUT2D eigenvalue weighted by Gasteiger charge is -2.09. The van der Waals surface area contributed by atoms with Crippen LogP contribution in [0.25, 0.3) is 0 Å². The lowest BCUT2D eigenvalue weighted by Crippen LogP contribution is -2.17. The third-order valence-corrected chi connectivity index (χ3v) is 3.42. The van der Waals surface area contributed by atoms with Gasteiger partial charge in [0, 0.05) is 12.4 Å². The average molecular weight is 285 g/mol. The standard InChI is InChI=1S/C10H8FN3O4S/c11-6-2-1-3-7(8(6)9(15)16)14-19(17,18)10-12-4-5-13-10/h1-5,14H,(H,12,13)(H,15,16). The number of nitrogens with one attached hydrogen (secondary N) is 2. The van der Waals surface area contributed by atoms with Crippen LogP contribution in [0, 0.1) is 5.82 Å². The first-order chi connectivity index (χ1) is 8.92. The van der Waals surface area contributed by atoms with Crippen molar-refractivity contribution >= 4 is 21.7 Å². The lowest BCUT2D eigenvalue weighted by molar-refractivity contribution is 0.0693. The van der Waals surface area contributed by atoms with Gasteiger partial charge in [-0.1, -0.05) is 6.07 Å². The number of aromatic amines is 1. The van der Waals surface area contributed by atoms with Gasteiger partial charge in [-0.15, -0.1) is 0 Å². The molecule has 2 rings (SSSR count). The minimum atomic E-state index is -4.09. The van der Waals surface area contributed by atoms with E-state index in [1.165, 1.54) is 18.5 Å². The Bertz CT molecular complexity index is 712. The van der Waals surface area contributed by atoms with Crippen LogP contribution in [0.1, 0.15) is 10.4 Å². The second-order valence-corrected chi connectivity index (χ2v) is 5.07. The molecule has 0 atom stereocenters. The van der Waals surface area contributed by atoms with Crippen molar-refractivity contribution < 1.29 is 22.7 Å². The van der Waals surface area contributed by atoms with Gasteiger partial charge in [-0.2, -0.15) is 8.42 Å². The number of anilines is 1. The van der Waals surface area contributed by atoms with E-state index in [9.17, 15) is 17.6 Å². The summed E-state index contributed by atoms with van der Waals surface area (Å²) in [7, 11) is -4.09. The van der Waals surface area contributed by atoms with Gasteiger partial charge < -0.3 is 10.1 Å². The van der Waals surface area contributed by atoms with Crippen LogP contribution in [0.2, 0.25) is 0 Å². The fraction of sp³-hybridized carbons (Fsp3) is 0. The minimum absolute atomic E-state index is 0.371. The maximum absolute atomic E-state index is 13.4. The summed E-state index contributed by atoms with van der Waals surface area (Å²) in [6, 6.07) is 3.27. The van der Waals surface area contributed by atoms with Gasteiger partial charge >= 0.3 is 5.97 Å². The maximum atomic E-state index is 13.4. The van der Waals surface area contributed by atoms with Gasteiger partial charge in [-0.25, -0.2) is 14.2 Å². The van der Waals surface area contributed by atoms with Crippen LogP contribution in [0.4, 0.5) is 10.1 Å². The molecule has 3 N–H and O–H groups in total. The number of carbonyl (C=O) groups is 1. The lowest BCUT2D eigenvalue weighted by atomic mass is 10.2. The number of benzene rings is 1. The van der Waals surface area contributed by atoms with Gasteiger partial charge in [0.15, 0.2) is 0 Å². The molecule has 0 aliphatic carbocycles. The quantitative estimate of drug-likeness (QED) is 0.777. The van der Waals surface area contributed by atoms with E-state index in [0.29, 0.717) is 0 Å². The molecule has 7 nitrogen and oxygen atoms in total. The Morgan fingerprint density at radius 3 is 2.74 bits per heavy atom. The first-order valence-corrected chi connectivity index (χ1v) is 6.44. The molecule has 0 bridgehead atoms. The average Bonchev–Trinajstić information content (AvgIpc) is 2.81. The van der Waals surface area contributed by atoms with Crippen LogP contribution in [-0.2, 0) is 10.0 Å². The molecule has 0 unspecified atom stereocenters. The first-order valence-electron chi connectivity index (χ1n) is 4.96. The molecule has 0 radical (unpaired) electrons. The van der Waals surface area contributed by atoms with Crippen LogP contribution in [0.3, 0.4) is 0 Å². The van der Waals surface area contributed by atoms with Crippen LogP contribution < -0.4 is 4.72 Å². The van der Waals surface area contributed by atoms with Crippen molar-refractivity contribution in [3.63, 3.8) is 0 Å². The number of sulfonamides is 1. The predicted molar refractivity (Wildman–Crippen MR) is 62.8 cm³/mol. The van der Waals surface area contributed by atoms with Gasteiger partial charge in [-0.3, -0.25) is 4.72 Å². The van der Waals surface area contributed by atoms with E-state index >= 15 is 0 Å². The van der Waals surface area contributed by atoms with Crippen molar-refractivity contribution in [2.24, 2.45) is 0 Å². The minimum Gasteiger partial charge on any atom is -0.478 e. The Morgan fingerprint density at radius 1 is 1.42 bits per heavy atom. The third kappa shape index (κ3) is 2.55. The predicted octanol–water partition coefficient (Wildman–Crippen LogP) is 1.05. The Hall–Kier alpha value is -2.42. The summed E-state index contributed by atoms with van der Waals surface area (Å²) in [5.41, 5.74) is -1.12. The summed E-state index contributed by atoms with van der Waals surface area (Å²) in [6.45, 7) is 0. The van der Waals surface area contributed by atoms with E-state index in [1.54, 1.807) is 0 Å². The Kier molecular flexibility index (Phi) is 3.21. The van der Waals surface area contributed by atoms with Crippen molar-refractivity contribution in [3.05, 3.63) is 42.0 Å². The molecule has 1 aromatic heterocycles. The third-order valence-electron chi connectivity index (χ3n) is 2.20. The molecular formula is C10H8FN3O4S. The van der Waals surface area contributed by atoms with E-state index in [1.807, 2.05) is 4.72 Å². The van der Waals surface area contributed by atoms with E-state index in [4.69, 9.17) is 5.11 Å². The van der Waals surface area contributed by atoms with Crippen molar-refractivity contribution in [2.75, 3.05) is 4.72 Å². The largest absolute Gasteiger partial charge is 0.478 e. The second kappa shape index (κ2) is 4.69. The van der Waals surface area contributed by atoms with E-state index in [-0.39, 0.29) is 5.69 Å². The Morgan fingerprint density at radius 2 is 2.16 bits per heavy atom. The molecule has 1 aromatic carbocycles. The van der Waals surface area contributed by atoms with Gasteiger partial charge in [0.2, 0.25) is 5.16 Å². The highest BCUT2D eigenvalue weighted by molar-refractivity contribution is 7.92. The number of carboxylic acid groups (broad SMARTS) is 1. The molecular weight excluding hydrogens is 277 g/mol. The number of hydrogen-bond donors (Lipinski definition) is 3. The van der Waals surface area contributed by atoms with Crippen molar-refractivity contribution in [1.82, 2.24) is 9.97 Å². The molecule has 9 heteroatoms. The zero-order valence-electron chi connectivity index (χ0n) is 9.29. The Balaban J connectivity index is 2.45. The van der Waals surface area contributed by atoms with E-state index in [0.717, 1.165) is 12.1 Å². The molecule has 0 aliphatic heterocycles. The van der Waals surface area contributed by atoms with Gasteiger partial charge in [0.1, 0.15) is 11.4 Å². The summed E-state index contributed by atoms with van der Waals surface area (Å²) < 4.78 is 39.0. The summed E-state index contributed by atoms with van der Waals surface area (Å²) in [4.78, 5) is 16.8. The molecule has 0 aliphatic rings. The number of halogens is 1. The number of rotatable bonds is 4. The SMILES string of the molecule is O=C(O)c1c(F)cccc1NS(=O)(=O)c1ncc[nH]1. The van der Waals surface area contributed by atoms with Crippen LogP contribution in [0.15, 0.2) is 35.7 Å². The summed E-state index contributed by atoms with van der Waals surface area (Å²) in [5.74, 6) is -2.61. The molecule has 1 heterocycles. The number of H-pyrrole nitrogens is 1. The molecule has 0 saturated carbocycles. The highest BCUT2D eigenvalue weighted by atomic mass is 32.2. The summed E-state index contributed by atoms with van der Waals surface area (Å²) >= 11 is 0. The van der Waals surface area contributed by atoms with Crippen LogP contribution in [-0.4, -0.2) is 29.5 Å². The van der Waals surface area contributed by atoms with Crippen molar-refractivity contribution in [2.45, 2.75) is 5.16 Å². The molecule has 19 heavy (non-hydrogen) atoms. The maximum Gasteiger partial charge on any atom is 0.340 e. The number of imidazole rings is 1. The number of aromatic nitrogens is 2. The highest BCUT2D eigenvalue weighted by Gasteiger charge is 2.22. The van der Waals surface area contributed by atoms with E-state index in [2.05, 4.69) is 9.97 Å². The molecule has 0 amide bonds. The molecule has 0 fully saturated rings. The van der Waals surface area contributed by atoms with E-state index < -0.39 is 32.5 Å². The fourth-order valence-electron chi connectivity index (χ4n) is 1.42. The molecule has 0 saturated heterocycles. The van der Waals surface area contributed by atoms with Crippen molar-refractivity contribution in [1.29, 1.82) is 0 Å². The molecule has 2 aromatic rings. The number of nitrogens with zero attached hydrogens (tertiary/aromatic N) is 1. The highest BCUT2D eigenvalue weighted by Crippen LogP contribution is 2.21. The monoisotopic (exact) mass is 285 g/mol. The first kappa shape index (κ1) is 13.0. The zero-order chi connectivity index (χ0) is 14.0. The van der Waals surface area contributed by atoms with Gasteiger partial charge in [0.25, 0.3) is 10.0 Å². The second-order valence-electron chi connectivity index (χ2n) is 3.47. The fourth-order valence-corrected chi connectivity index (χ4v) is 2.40. The van der Waals surface area contributed by atoms with Crippen molar-refractivity contribution in [3.8, 4) is 0 Å². The Labute approximate surface area is 107 Å². The summed E-state index contributed by atoms with van der Waals surface area (Å²) in [5, 5.41) is 8.48. The number of hydrogen-bond acceptors (Lipinski definition) is 4. The zero-order valence-corrected chi connectivity index (χ0v) is 10.1.